The summed E-state index contributed by atoms with van der Waals surface area (Å²) in [5, 5.41) is 7.22. The molecule has 0 saturated carbocycles. The van der Waals surface area contributed by atoms with E-state index in [0.717, 1.165) is 5.56 Å². The van der Waals surface area contributed by atoms with Gasteiger partial charge in [-0.3, -0.25) is 0 Å². The molecule has 0 heterocycles. The van der Waals surface area contributed by atoms with Crippen molar-refractivity contribution >= 4 is 63.8 Å². The summed E-state index contributed by atoms with van der Waals surface area (Å²) >= 11 is 24.0. The van der Waals surface area contributed by atoms with E-state index in [9.17, 15) is 4.79 Å². The molecular weight excluding hydrogens is 470 g/mol. The molecule has 0 unspecified atom stereocenters. The third-order valence-corrected chi connectivity index (χ3v) is 4.90. The molecule has 0 saturated heterocycles. The number of anilines is 2. The Bertz CT molecular complexity index is 1060. The lowest BCUT2D eigenvalue weighted by atomic mass is 10.2. The number of carbonyl (C=O) groups is 1. The summed E-state index contributed by atoms with van der Waals surface area (Å²) in [5.74, 6) is 0.950. The number of amides is 2. The molecule has 0 radical (unpaired) electrons. The summed E-state index contributed by atoms with van der Waals surface area (Å²) in [4.78, 5) is 12.3. The summed E-state index contributed by atoms with van der Waals surface area (Å²) in [6.07, 6.45) is 0. The van der Waals surface area contributed by atoms with E-state index in [2.05, 4.69) is 10.6 Å². The number of urea groups is 1. The molecule has 2 N–H and O–H groups in total. The normalized spacial score (nSPS) is 10.4. The van der Waals surface area contributed by atoms with Crippen molar-refractivity contribution in [2.75, 3.05) is 17.7 Å². The van der Waals surface area contributed by atoms with Crippen LogP contribution in [0.3, 0.4) is 0 Å². The van der Waals surface area contributed by atoms with Crippen LogP contribution in [-0.4, -0.2) is 13.1 Å². The van der Waals surface area contributed by atoms with Gasteiger partial charge in [0.1, 0.15) is 6.61 Å². The van der Waals surface area contributed by atoms with Crippen LogP contribution in [0.1, 0.15) is 5.56 Å². The highest BCUT2D eigenvalue weighted by Crippen LogP contribution is 2.32. The van der Waals surface area contributed by atoms with Gasteiger partial charge in [-0.25, -0.2) is 4.79 Å². The van der Waals surface area contributed by atoms with Gasteiger partial charge in [-0.2, -0.15) is 0 Å². The summed E-state index contributed by atoms with van der Waals surface area (Å²) < 4.78 is 11.2. The van der Waals surface area contributed by atoms with Gasteiger partial charge in [0.15, 0.2) is 11.5 Å². The molecule has 0 atom stereocenters. The Morgan fingerprint density at radius 2 is 1.57 bits per heavy atom. The Kier molecular flexibility index (Phi) is 7.56. The SMILES string of the molecule is COc1ccc(NC(=O)Nc2ccc(Cl)cc2Cl)cc1OCc1cc(Cl)cc(Cl)c1. The smallest absolute Gasteiger partial charge is 0.323 e. The number of rotatable bonds is 6. The summed E-state index contributed by atoms with van der Waals surface area (Å²) in [7, 11) is 1.53. The number of benzene rings is 3. The standard InChI is InChI=1S/C21H16Cl4N2O3/c1-29-19-5-3-16(26-21(28)27-18-4-2-13(22)9-17(18)25)10-20(19)30-11-12-6-14(23)8-15(24)7-12/h2-10H,11H2,1H3,(H2,26,27,28). The first-order chi connectivity index (χ1) is 14.3. The molecule has 5 nitrogen and oxygen atoms in total. The van der Waals surface area contributed by atoms with Crippen molar-refractivity contribution in [2.45, 2.75) is 6.61 Å². The van der Waals surface area contributed by atoms with Crippen LogP contribution in [0, 0.1) is 0 Å². The van der Waals surface area contributed by atoms with Gasteiger partial charge >= 0.3 is 6.03 Å². The van der Waals surface area contributed by atoms with E-state index >= 15 is 0 Å². The van der Waals surface area contributed by atoms with Crippen molar-refractivity contribution in [1.29, 1.82) is 0 Å². The van der Waals surface area contributed by atoms with Crippen LogP contribution < -0.4 is 20.1 Å². The monoisotopic (exact) mass is 484 g/mol. The average Bonchev–Trinajstić information content (AvgIpc) is 2.68. The van der Waals surface area contributed by atoms with Gasteiger partial charge in [0, 0.05) is 26.8 Å². The fraction of sp³-hybridized carbons (Fsp3) is 0.0952. The van der Waals surface area contributed by atoms with Crippen molar-refractivity contribution in [1.82, 2.24) is 0 Å². The second-order valence-corrected chi connectivity index (χ2v) is 7.85. The number of hydrogen-bond donors (Lipinski definition) is 2. The molecule has 3 aromatic carbocycles. The largest absolute Gasteiger partial charge is 0.493 e. The van der Waals surface area contributed by atoms with Crippen molar-refractivity contribution in [3.05, 3.63) is 80.3 Å². The molecule has 30 heavy (non-hydrogen) atoms. The number of hydrogen-bond acceptors (Lipinski definition) is 3. The quantitative estimate of drug-likeness (QED) is 0.379. The van der Waals surface area contributed by atoms with Crippen molar-refractivity contribution in [3.8, 4) is 11.5 Å². The number of halogens is 4. The minimum Gasteiger partial charge on any atom is -0.493 e. The highest BCUT2D eigenvalue weighted by molar-refractivity contribution is 6.36. The highest BCUT2D eigenvalue weighted by atomic mass is 35.5. The molecule has 0 aromatic heterocycles. The van der Waals surface area contributed by atoms with Gasteiger partial charge in [0.2, 0.25) is 0 Å². The van der Waals surface area contributed by atoms with Crippen molar-refractivity contribution in [3.63, 3.8) is 0 Å². The van der Waals surface area contributed by atoms with E-state index in [-0.39, 0.29) is 6.61 Å². The minimum absolute atomic E-state index is 0.215. The molecule has 0 spiro atoms. The summed E-state index contributed by atoms with van der Waals surface area (Å²) in [6, 6.07) is 14.5. The number of ether oxygens (including phenoxy) is 2. The van der Waals surface area contributed by atoms with E-state index in [4.69, 9.17) is 55.9 Å². The molecule has 0 aliphatic heterocycles. The Labute approximate surface area is 193 Å². The van der Waals surface area contributed by atoms with Crippen LogP contribution in [0.2, 0.25) is 20.1 Å². The zero-order valence-electron chi connectivity index (χ0n) is 15.6. The van der Waals surface area contributed by atoms with Gasteiger partial charge < -0.3 is 20.1 Å². The second-order valence-electron chi connectivity index (χ2n) is 6.14. The van der Waals surface area contributed by atoms with Crippen LogP contribution in [-0.2, 0) is 6.61 Å². The maximum atomic E-state index is 12.3. The van der Waals surface area contributed by atoms with Gasteiger partial charge in [0.25, 0.3) is 0 Å². The van der Waals surface area contributed by atoms with Crippen LogP contribution >= 0.6 is 46.4 Å². The number of nitrogens with one attached hydrogen (secondary N) is 2. The Balaban J connectivity index is 1.70. The molecule has 3 aromatic rings. The molecule has 2 amide bonds. The lowest BCUT2D eigenvalue weighted by molar-refractivity contribution is 0.262. The highest BCUT2D eigenvalue weighted by Gasteiger charge is 2.11. The fourth-order valence-electron chi connectivity index (χ4n) is 2.60. The Hall–Kier alpha value is -2.31. The van der Waals surface area contributed by atoms with Crippen LogP contribution in [0.4, 0.5) is 16.2 Å². The third kappa shape index (κ3) is 6.09. The van der Waals surface area contributed by atoms with Crippen molar-refractivity contribution in [2.24, 2.45) is 0 Å². The van der Waals surface area contributed by atoms with Gasteiger partial charge in [-0.1, -0.05) is 46.4 Å². The van der Waals surface area contributed by atoms with Crippen LogP contribution in [0.15, 0.2) is 54.6 Å². The third-order valence-electron chi connectivity index (χ3n) is 3.92. The molecule has 0 aliphatic carbocycles. The lowest BCUT2D eigenvalue weighted by Gasteiger charge is -2.14. The molecule has 3 rings (SSSR count). The van der Waals surface area contributed by atoms with E-state index < -0.39 is 6.03 Å². The van der Waals surface area contributed by atoms with Crippen LogP contribution in [0.5, 0.6) is 11.5 Å². The number of methoxy groups -OCH3 is 1. The topological polar surface area (TPSA) is 59.6 Å². The zero-order chi connectivity index (χ0) is 21.7. The van der Waals surface area contributed by atoms with E-state index in [1.165, 1.54) is 7.11 Å². The fourth-order valence-corrected chi connectivity index (χ4v) is 3.63. The van der Waals surface area contributed by atoms with Crippen LogP contribution in [0.25, 0.3) is 0 Å². The van der Waals surface area contributed by atoms with Gasteiger partial charge in [-0.15, -0.1) is 0 Å². The molecule has 9 heteroatoms. The molecule has 0 aliphatic rings. The predicted molar refractivity (Wildman–Crippen MR) is 123 cm³/mol. The first-order valence-electron chi connectivity index (χ1n) is 8.63. The predicted octanol–water partition coefficient (Wildman–Crippen LogP) is 7.53. The number of carbonyl (C=O) groups excluding carboxylic acids is 1. The second kappa shape index (κ2) is 10.1. The zero-order valence-corrected chi connectivity index (χ0v) is 18.7. The first-order valence-corrected chi connectivity index (χ1v) is 10.1. The molecule has 156 valence electrons. The van der Waals surface area contributed by atoms with Gasteiger partial charge in [-0.05, 0) is 54.1 Å². The maximum Gasteiger partial charge on any atom is 0.323 e. The first kappa shape index (κ1) is 22.4. The van der Waals surface area contributed by atoms with E-state index in [0.29, 0.717) is 43.0 Å². The van der Waals surface area contributed by atoms with E-state index in [1.807, 2.05) is 0 Å². The minimum atomic E-state index is -0.475. The molecular formula is C21H16Cl4N2O3. The maximum absolute atomic E-state index is 12.3. The average molecular weight is 486 g/mol. The van der Waals surface area contributed by atoms with Gasteiger partial charge in [0.05, 0.1) is 17.8 Å². The van der Waals surface area contributed by atoms with Crippen molar-refractivity contribution < 1.29 is 14.3 Å². The lowest BCUT2D eigenvalue weighted by Crippen LogP contribution is -2.19. The van der Waals surface area contributed by atoms with E-state index in [1.54, 1.807) is 54.6 Å². The Morgan fingerprint density at radius 3 is 2.23 bits per heavy atom. The summed E-state index contributed by atoms with van der Waals surface area (Å²) in [5.41, 5.74) is 1.72. The summed E-state index contributed by atoms with van der Waals surface area (Å²) in [6.45, 7) is 0.215. The Morgan fingerprint density at radius 1 is 0.833 bits per heavy atom. The molecule has 0 bridgehead atoms. The molecule has 0 fully saturated rings.